The zero-order valence-electron chi connectivity index (χ0n) is 9.63. The first-order valence-corrected chi connectivity index (χ1v) is 4.74. The molecular weight excluding hydrogens is 235 g/mol. The highest BCUT2D eigenvalue weighted by Gasteiger charge is 2.37. The van der Waals surface area contributed by atoms with Crippen molar-refractivity contribution in [1.29, 1.82) is 0 Å². The van der Waals surface area contributed by atoms with Gasteiger partial charge in [-0.25, -0.2) is 0 Å². The van der Waals surface area contributed by atoms with E-state index in [1.54, 1.807) is 0 Å². The van der Waals surface area contributed by atoms with Crippen molar-refractivity contribution in [2.45, 2.75) is 13.1 Å². The lowest BCUT2D eigenvalue weighted by Crippen LogP contribution is -2.14. The zero-order valence-corrected chi connectivity index (χ0v) is 9.63. The number of hydrogen-bond acceptors (Lipinski definition) is 3. The van der Waals surface area contributed by atoms with Crippen molar-refractivity contribution >= 4 is 5.71 Å². The van der Waals surface area contributed by atoms with Crippen LogP contribution in [0.3, 0.4) is 0 Å². The van der Waals surface area contributed by atoms with Gasteiger partial charge in [0, 0.05) is 5.56 Å². The maximum atomic E-state index is 12.9. The Labute approximate surface area is 96.8 Å². The lowest BCUT2D eigenvalue weighted by molar-refractivity contribution is -0.138. The van der Waals surface area contributed by atoms with E-state index in [-0.39, 0.29) is 17.0 Å². The fourth-order valence-corrected chi connectivity index (χ4v) is 1.48. The van der Waals surface area contributed by atoms with Crippen LogP contribution in [0.5, 0.6) is 5.75 Å². The molecule has 17 heavy (non-hydrogen) atoms. The number of nitrogens with zero attached hydrogens (tertiary/aromatic N) is 1. The Morgan fingerprint density at radius 2 is 1.88 bits per heavy atom. The van der Waals surface area contributed by atoms with E-state index in [2.05, 4.69) is 9.99 Å². The van der Waals surface area contributed by atoms with E-state index >= 15 is 0 Å². The van der Waals surface area contributed by atoms with Gasteiger partial charge in [0.15, 0.2) is 0 Å². The molecule has 0 saturated heterocycles. The highest BCUT2D eigenvalue weighted by Crippen LogP contribution is 2.38. The quantitative estimate of drug-likeness (QED) is 0.607. The van der Waals surface area contributed by atoms with Crippen molar-refractivity contribution < 1.29 is 22.7 Å². The second kappa shape index (κ2) is 5.07. The number of halogens is 3. The molecule has 0 amide bonds. The van der Waals surface area contributed by atoms with E-state index in [0.29, 0.717) is 0 Å². The summed E-state index contributed by atoms with van der Waals surface area (Å²) in [5.41, 5.74) is -0.766. The van der Waals surface area contributed by atoms with E-state index in [0.717, 1.165) is 0 Å². The molecule has 0 spiro atoms. The van der Waals surface area contributed by atoms with Crippen LogP contribution in [0.25, 0.3) is 0 Å². The first-order valence-electron chi connectivity index (χ1n) is 4.74. The molecule has 0 aliphatic carbocycles. The number of rotatable bonds is 3. The summed E-state index contributed by atoms with van der Waals surface area (Å²) in [4.78, 5) is 4.48. The van der Waals surface area contributed by atoms with Gasteiger partial charge < -0.3 is 9.57 Å². The maximum absolute atomic E-state index is 12.9. The molecule has 0 N–H and O–H groups in total. The molecule has 0 fully saturated rings. The molecular formula is C11H12F3NO2. The van der Waals surface area contributed by atoms with Gasteiger partial charge in [-0.2, -0.15) is 13.2 Å². The van der Waals surface area contributed by atoms with Gasteiger partial charge in [-0.15, -0.1) is 0 Å². The van der Waals surface area contributed by atoms with Crippen molar-refractivity contribution in [2.24, 2.45) is 5.16 Å². The van der Waals surface area contributed by atoms with Crippen LogP contribution in [0.15, 0.2) is 23.4 Å². The van der Waals surface area contributed by atoms with E-state index in [9.17, 15) is 13.2 Å². The molecule has 94 valence electrons. The number of methoxy groups -OCH3 is 1. The molecule has 0 aliphatic heterocycles. The summed E-state index contributed by atoms with van der Waals surface area (Å²) in [5, 5.41) is 3.51. The molecule has 0 radical (unpaired) electrons. The molecule has 1 aromatic rings. The molecule has 6 heteroatoms. The standard InChI is InChI=1S/C11H12F3NO2/c1-7(15-17-3)8-5-4-6-9(16-2)10(8)11(12,13)14/h4-6H,1-3H3/b15-7+. The number of alkyl halides is 3. The largest absolute Gasteiger partial charge is 0.496 e. The minimum atomic E-state index is -4.51. The third kappa shape index (κ3) is 2.89. The van der Waals surface area contributed by atoms with Gasteiger partial charge in [0.25, 0.3) is 0 Å². The Balaban J connectivity index is 3.45. The number of ether oxygens (including phenoxy) is 1. The lowest BCUT2D eigenvalue weighted by atomic mass is 10.0. The van der Waals surface area contributed by atoms with Gasteiger partial charge in [0.2, 0.25) is 0 Å². The minimum Gasteiger partial charge on any atom is -0.496 e. The smallest absolute Gasteiger partial charge is 0.420 e. The van der Waals surface area contributed by atoms with Crippen LogP contribution in [0.4, 0.5) is 13.2 Å². The highest BCUT2D eigenvalue weighted by molar-refractivity contribution is 6.00. The molecule has 1 rings (SSSR count). The fourth-order valence-electron chi connectivity index (χ4n) is 1.48. The summed E-state index contributed by atoms with van der Waals surface area (Å²) >= 11 is 0. The van der Waals surface area contributed by atoms with Gasteiger partial charge >= 0.3 is 6.18 Å². The highest BCUT2D eigenvalue weighted by atomic mass is 19.4. The third-order valence-corrected chi connectivity index (χ3v) is 2.15. The van der Waals surface area contributed by atoms with Crippen LogP contribution in [0.1, 0.15) is 18.1 Å². The van der Waals surface area contributed by atoms with Gasteiger partial charge in [-0.3, -0.25) is 0 Å². The summed E-state index contributed by atoms with van der Waals surface area (Å²) in [5.74, 6) is -0.236. The van der Waals surface area contributed by atoms with Crippen LogP contribution < -0.4 is 4.74 Å². The Kier molecular flexibility index (Phi) is 3.98. The Morgan fingerprint density at radius 3 is 2.35 bits per heavy atom. The van der Waals surface area contributed by atoms with Crippen molar-refractivity contribution in [3.63, 3.8) is 0 Å². The molecule has 0 bridgehead atoms. The topological polar surface area (TPSA) is 30.8 Å². The number of benzene rings is 1. The van der Waals surface area contributed by atoms with Crippen LogP contribution in [0, 0.1) is 0 Å². The van der Waals surface area contributed by atoms with Gasteiger partial charge in [0.05, 0.1) is 12.8 Å². The van der Waals surface area contributed by atoms with Crippen LogP contribution >= 0.6 is 0 Å². The van der Waals surface area contributed by atoms with E-state index in [4.69, 9.17) is 4.74 Å². The zero-order chi connectivity index (χ0) is 13.1. The Bertz CT molecular complexity index is 427. The first-order chi connectivity index (χ1) is 7.91. The van der Waals surface area contributed by atoms with Crippen molar-refractivity contribution in [2.75, 3.05) is 14.2 Å². The second-order valence-electron chi connectivity index (χ2n) is 3.24. The van der Waals surface area contributed by atoms with Crippen LogP contribution in [-0.2, 0) is 11.0 Å². The Morgan fingerprint density at radius 1 is 1.24 bits per heavy atom. The SMILES string of the molecule is CO/N=C(\C)c1cccc(OC)c1C(F)(F)F. The molecule has 0 aliphatic rings. The molecule has 1 aromatic carbocycles. The van der Waals surface area contributed by atoms with Crippen LogP contribution in [0.2, 0.25) is 0 Å². The fraction of sp³-hybridized carbons (Fsp3) is 0.364. The predicted molar refractivity (Wildman–Crippen MR) is 57.2 cm³/mol. The summed E-state index contributed by atoms with van der Waals surface area (Å²) < 4.78 is 43.5. The van der Waals surface area contributed by atoms with Crippen molar-refractivity contribution in [1.82, 2.24) is 0 Å². The van der Waals surface area contributed by atoms with Gasteiger partial charge in [0.1, 0.15) is 18.4 Å². The number of hydrogen-bond donors (Lipinski definition) is 0. The lowest BCUT2D eigenvalue weighted by Gasteiger charge is -2.15. The number of oxime groups is 1. The van der Waals surface area contributed by atoms with E-state index in [1.165, 1.54) is 39.3 Å². The predicted octanol–water partition coefficient (Wildman–Crippen LogP) is 3.08. The summed E-state index contributed by atoms with van der Waals surface area (Å²) in [6, 6.07) is 4.05. The van der Waals surface area contributed by atoms with Gasteiger partial charge in [-0.05, 0) is 13.0 Å². The Hall–Kier alpha value is -1.72. The van der Waals surface area contributed by atoms with Crippen LogP contribution in [-0.4, -0.2) is 19.9 Å². The molecule has 0 atom stereocenters. The summed E-state index contributed by atoms with van der Waals surface area (Å²) in [6.45, 7) is 1.44. The monoisotopic (exact) mass is 247 g/mol. The van der Waals surface area contributed by atoms with E-state index in [1.807, 2.05) is 0 Å². The third-order valence-electron chi connectivity index (χ3n) is 2.15. The molecule has 0 unspecified atom stereocenters. The average molecular weight is 247 g/mol. The second-order valence-corrected chi connectivity index (χ2v) is 3.24. The molecule has 3 nitrogen and oxygen atoms in total. The molecule has 0 heterocycles. The summed E-state index contributed by atoms with van der Waals surface area (Å²) in [7, 11) is 2.47. The van der Waals surface area contributed by atoms with Crippen molar-refractivity contribution in [3.8, 4) is 5.75 Å². The molecule has 0 saturated carbocycles. The van der Waals surface area contributed by atoms with Crippen molar-refractivity contribution in [3.05, 3.63) is 29.3 Å². The van der Waals surface area contributed by atoms with Gasteiger partial charge in [-0.1, -0.05) is 17.3 Å². The maximum Gasteiger partial charge on any atom is 0.420 e. The normalized spacial score (nSPS) is 12.5. The minimum absolute atomic E-state index is 0.0568. The molecule has 0 aromatic heterocycles. The van der Waals surface area contributed by atoms with E-state index < -0.39 is 11.7 Å². The first kappa shape index (κ1) is 13.3. The summed E-state index contributed by atoms with van der Waals surface area (Å²) in [6.07, 6.45) is -4.51. The average Bonchev–Trinajstić information content (AvgIpc) is 2.27.